The summed E-state index contributed by atoms with van der Waals surface area (Å²) in [7, 11) is -6.13. The Morgan fingerprint density at radius 1 is 0.900 bits per heavy atom. The number of sulfonamides is 2. The minimum absolute atomic E-state index is 0.0426. The van der Waals surface area contributed by atoms with E-state index in [0.717, 1.165) is 4.31 Å². The number of benzene rings is 2. The number of rotatable bonds is 6. The number of hydrogen-bond donors (Lipinski definition) is 0. The lowest BCUT2D eigenvalue weighted by molar-refractivity contribution is -0.132. The van der Waals surface area contributed by atoms with Crippen molar-refractivity contribution in [1.29, 1.82) is 0 Å². The Labute approximate surface area is 181 Å². The van der Waals surface area contributed by atoms with Crippen LogP contribution in [0.5, 0.6) is 0 Å². The summed E-state index contributed by atoms with van der Waals surface area (Å²) < 4.78 is 52.9. The number of hydrogen-bond acceptors (Lipinski definition) is 5. The average Bonchev–Trinajstić information content (AvgIpc) is 2.74. The fourth-order valence-corrected chi connectivity index (χ4v) is 5.77. The highest BCUT2D eigenvalue weighted by Gasteiger charge is 2.31. The molecule has 162 valence electrons. The van der Waals surface area contributed by atoms with Crippen molar-refractivity contribution in [3.63, 3.8) is 0 Å². The summed E-state index contributed by atoms with van der Waals surface area (Å²) in [6, 6.07) is 13.8. The highest BCUT2D eigenvalue weighted by molar-refractivity contribution is 7.89. The van der Waals surface area contributed by atoms with Crippen molar-refractivity contribution in [3.05, 3.63) is 59.6 Å². The maximum absolute atomic E-state index is 12.7. The van der Waals surface area contributed by atoms with E-state index in [1.54, 1.807) is 18.2 Å². The van der Waals surface area contributed by atoms with Gasteiger partial charge in [0.05, 0.1) is 16.3 Å². The lowest BCUT2D eigenvalue weighted by atomic mass is 10.3. The Kier molecular flexibility index (Phi) is 6.83. The number of amides is 1. The van der Waals surface area contributed by atoms with Crippen LogP contribution in [0.3, 0.4) is 0 Å². The monoisotopic (exact) mass is 471 g/mol. The molecule has 0 N–H and O–H groups in total. The van der Waals surface area contributed by atoms with Gasteiger partial charge in [-0.05, 0) is 36.4 Å². The lowest BCUT2D eigenvalue weighted by Gasteiger charge is -2.34. The van der Waals surface area contributed by atoms with Crippen LogP contribution in [0.25, 0.3) is 0 Å². The van der Waals surface area contributed by atoms with Gasteiger partial charge in [0.1, 0.15) is 0 Å². The van der Waals surface area contributed by atoms with Crippen LogP contribution in [0.2, 0.25) is 5.02 Å². The smallest absolute Gasteiger partial charge is 0.243 e. The first-order valence-electron chi connectivity index (χ1n) is 9.17. The van der Waals surface area contributed by atoms with Crippen LogP contribution in [0.1, 0.15) is 0 Å². The summed E-state index contributed by atoms with van der Waals surface area (Å²) in [6.45, 7) is 0.350. The molecule has 0 atom stereocenters. The molecule has 8 nitrogen and oxygen atoms in total. The van der Waals surface area contributed by atoms with Crippen LogP contribution in [0.4, 0.5) is 0 Å². The van der Waals surface area contributed by atoms with Gasteiger partial charge in [-0.25, -0.2) is 16.8 Å². The first-order chi connectivity index (χ1) is 14.1. The van der Waals surface area contributed by atoms with E-state index in [1.165, 1.54) is 52.7 Å². The maximum atomic E-state index is 12.7. The Bertz CT molecular complexity index is 1100. The number of piperazine rings is 1. The third-order valence-electron chi connectivity index (χ3n) is 4.85. The van der Waals surface area contributed by atoms with Gasteiger partial charge in [-0.1, -0.05) is 29.8 Å². The largest absolute Gasteiger partial charge is 0.339 e. The van der Waals surface area contributed by atoms with Crippen LogP contribution >= 0.6 is 11.6 Å². The van der Waals surface area contributed by atoms with Crippen molar-refractivity contribution in [1.82, 2.24) is 13.5 Å². The second kappa shape index (κ2) is 9.03. The van der Waals surface area contributed by atoms with Gasteiger partial charge < -0.3 is 4.90 Å². The summed E-state index contributed by atoms with van der Waals surface area (Å²) in [5.74, 6) is -0.383. The zero-order valence-corrected chi connectivity index (χ0v) is 18.7. The van der Waals surface area contributed by atoms with Crippen LogP contribution in [-0.2, 0) is 24.8 Å². The second-order valence-corrected chi connectivity index (χ2v) is 11.2. The molecule has 0 bridgehead atoms. The molecular weight excluding hydrogens is 450 g/mol. The van der Waals surface area contributed by atoms with Crippen molar-refractivity contribution in [2.45, 2.75) is 9.79 Å². The van der Waals surface area contributed by atoms with E-state index in [1.807, 2.05) is 0 Å². The number of nitrogens with zero attached hydrogens (tertiary/aromatic N) is 3. The summed E-state index contributed by atoms with van der Waals surface area (Å²) in [4.78, 5) is 14.3. The molecule has 0 spiro atoms. The van der Waals surface area contributed by atoms with Gasteiger partial charge in [-0.2, -0.15) is 8.61 Å². The molecule has 0 radical (unpaired) electrons. The molecule has 1 saturated heterocycles. The summed E-state index contributed by atoms with van der Waals surface area (Å²) in [5, 5.41) is 0.413. The fraction of sp³-hybridized carbons (Fsp3) is 0.316. The van der Waals surface area contributed by atoms with Crippen molar-refractivity contribution >= 4 is 37.6 Å². The second-order valence-electron chi connectivity index (χ2n) is 6.81. The molecule has 0 aromatic heterocycles. The Morgan fingerprint density at radius 3 is 2.03 bits per heavy atom. The lowest BCUT2D eigenvalue weighted by Crippen LogP contribution is -2.52. The van der Waals surface area contributed by atoms with E-state index in [0.29, 0.717) is 5.02 Å². The topological polar surface area (TPSA) is 95.1 Å². The first kappa shape index (κ1) is 22.7. The van der Waals surface area contributed by atoms with E-state index in [9.17, 15) is 21.6 Å². The minimum atomic E-state index is -3.84. The van der Waals surface area contributed by atoms with E-state index in [4.69, 9.17) is 11.6 Å². The van der Waals surface area contributed by atoms with Gasteiger partial charge in [-0.15, -0.1) is 0 Å². The SMILES string of the molecule is CN(CC(=O)N1CCN(S(=O)(=O)c2ccccc2)CC1)S(=O)(=O)c1ccc(Cl)cc1. The molecule has 0 saturated carbocycles. The molecular formula is C19H22ClN3O5S2. The van der Waals surface area contributed by atoms with Crippen LogP contribution in [-0.4, -0.2) is 76.0 Å². The minimum Gasteiger partial charge on any atom is -0.339 e. The first-order valence-corrected chi connectivity index (χ1v) is 12.4. The highest BCUT2D eigenvalue weighted by atomic mass is 35.5. The van der Waals surface area contributed by atoms with Gasteiger partial charge in [0.25, 0.3) is 0 Å². The molecule has 1 amide bonds. The van der Waals surface area contributed by atoms with Crippen molar-refractivity contribution < 1.29 is 21.6 Å². The standard InChI is InChI=1S/C19H22ClN3O5S2/c1-21(29(25,26)18-9-7-16(20)8-10-18)15-19(24)22-11-13-23(14-12-22)30(27,28)17-5-3-2-4-6-17/h2-10H,11-15H2,1H3. The molecule has 1 aliphatic rings. The Balaban J connectivity index is 1.61. The van der Waals surface area contributed by atoms with Crippen molar-refractivity contribution in [3.8, 4) is 0 Å². The average molecular weight is 472 g/mol. The Morgan fingerprint density at radius 2 is 1.47 bits per heavy atom. The maximum Gasteiger partial charge on any atom is 0.243 e. The number of carbonyl (C=O) groups is 1. The molecule has 3 rings (SSSR count). The predicted molar refractivity (Wildman–Crippen MR) is 113 cm³/mol. The van der Waals surface area contributed by atoms with Gasteiger partial charge >= 0.3 is 0 Å². The highest BCUT2D eigenvalue weighted by Crippen LogP contribution is 2.19. The van der Waals surface area contributed by atoms with Crippen LogP contribution in [0, 0.1) is 0 Å². The van der Waals surface area contributed by atoms with Gasteiger partial charge in [0, 0.05) is 38.2 Å². The van der Waals surface area contributed by atoms with E-state index < -0.39 is 20.0 Å². The third-order valence-corrected chi connectivity index (χ3v) is 8.83. The summed E-state index contributed by atoms with van der Waals surface area (Å²) >= 11 is 5.79. The summed E-state index contributed by atoms with van der Waals surface area (Å²) in [6.07, 6.45) is 0. The molecule has 11 heteroatoms. The fourth-order valence-electron chi connectivity index (χ4n) is 3.08. The number of likely N-dealkylation sites (N-methyl/N-ethyl adjacent to an activating group) is 1. The summed E-state index contributed by atoms with van der Waals surface area (Å²) in [5.41, 5.74) is 0. The normalized spacial score (nSPS) is 16.0. The van der Waals surface area contributed by atoms with Crippen molar-refractivity contribution in [2.75, 3.05) is 39.8 Å². The van der Waals surface area contributed by atoms with Crippen molar-refractivity contribution in [2.24, 2.45) is 0 Å². The van der Waals surface area contributed by atoms with E-state index in [-0.39, 0.29) is 48.4 Å². The van der Waals surface area contributed by atoms with Crippen LogP contribution in [0.15, 0.2) is 64.4 Å². The van der Waals surface area contributed by atoms with Crippen LogP contribution < -0.4 is 0 Å². The third kappa shape index (κ3) is 4.84. The van der Waals surface area contributed by atoms with Gasteiger partial charge in [0.15, 0.2) is 0 Å². The molecule has 1 aliphatic heterocycles. The number of halogens is 1. The Hall–Kier alpha value is -1.98. The van der Waals surface area contributed by atoms with E-state index >= 15 is 0 Å². The van der Waals surface area contributed by atoms with Gasteiger partial charge in [0.2, 0.25) is 26.0 Å². The van der Waals surface area contributed by atoms with E-state index in [2.05, 4.69) is 0 Å². The molecule has 0 aliphatic carbocycles. The molecule has 0 unspecified atom stereocenters. The molecule has 1 fully saturated rings. The molecule has 1 heterocycles. The number of carbonyl (C=O) groups excluding carboxylic acids is 1. The zero-order valence-electron chi connectivity index (χ0n) is 16.3. The predicted octanol–water partition coefficient (Wildman–Crippen LogP) is 1.49. The quantitative estimate of drug-likeness (QED) is 0.636. The molecule has 30 heavy (non-hydrogen) atoms. The van der Waals surface area contributed by atoms with Gasteiger partial charge in [-0.3, -0.25) is 4.79 Å². The zero-order chi connectivity index (χ0) is 21.9. The molecule has 2 aromatic carbocycles. The molecule has 2 aromatic rings.